The Morgan fingerprint density at radius 2 is 0.341 bits per heavy atom. The molecule has 1 heteroatoms. The Morgan fingerprint density at radius 1 is 0.195 bits per heavy atom. The van der Waals surface area contributed by atoms with E-state index in [-0.39, 0.29) is 0 Å². The van der Waals surface area contributed by atoms with Crippen molar-refractivity contribution in [3.8, 4) is 0 Å². The van der Waals surface area contributed by atoms with Gasteiger partial charge in [-0.1, -0.05) is 182 Å². The molecule has 0 aromatic rings. The van der Waals surface area contributed by atoms with Gasteiger partial charge in [0.15, 0.2) is 0 Å². The van der Waals surface area contributed by atoms with Crippen molar-refractivity contribution in [2.45, 2.75) is 233 Å². The van der Waals surface area contributed by atoms with Gasteiger partial charge in [-0.05, 0) is 51.4 Å². The van der Waals surface area contributed by atoms with E-state index >= 15 is 0 Å². The topological polar surface area (TPSA) is 0 Å². The summed E-state index contributed by atoms with van der Waals surface area (Å²) in [7, 11) is -0.761. The average Bonchev–Trinajstić information content (AvgIpc) is 2.98. The van der Waals surface area contributed by atoms with Crippen molar-refractivity contribution in [2.75, 3.05) is 24.6 Å². The molecule has 0 saturated heterocycles. The molecule has 0 bridgehead atoms. The Labute approximate surface area is 264 Å². The fourth-order valence-electron chi connectivity index (χ4n) is 7.00. The molecule has 0 aromatic carbocycles. The number of hydrogen-bond donors (Lipinski definition) is 0. The molecule has 0 N–H and O–H groups in total. The molecule has 0 aliphatic carbocycles. The highest BCUT2D eigenvalue weighted by Gasteiger charge is 2.35. The third kappa shape index (κ3) is 30.2. The van der Waals surface area contributed by atoms with E-state index in [1.807, 2.05) is 0 Å². The normalized spacial score (nSPS) is 12.0. The van der Waals surface area contributed by atoms with Gasteiger partial charge in [-0.15, -0.1) is 0 Å². The van der Waals surface area contributed by atoms with Crippen molar-refractivity contribution in [3.63, 3.8) is 0 Å². The molecule has 0 spiro atoms. The molecule has 0 amide bonds. The zero-order valence-electron chi connectivity index (χ0n) is 29.9. The van der Waals surface area contributed by atoms with Gasteiger partial charge in [0.25, 0.3) is 0 Å². The number of unbranched alkanes of at least 4 members (excludes halogenated alkanes) is 28. The van der Waals surface area contributed by atoms with Crippen LogP contribution in [0.3, 0.4) is 0 Å². The lowest BCUT2D eigenvalue weighted by Gasteiger charge is -2.28. The second kappa shape index (κ2) is 34.9. The molecule has 0 saturated carbocycles. The van der Waals surface area contributed by atoms with Gasteiger partial charge in [0.05, 0.1) is 24.6 Å². The van der Waals surface area contributed by atoms with Gasteiger partial charge in [-0.3, -0.25) is 0 Å². The average molecular weight is 596 g/mol. The quantitative estimate of drug-likeness (QED) is 0.0499. The van der Waals surface area contributed by atoms with E-state index < -0.39 is 7.26 Å². The van der Waals surface area contributed by atoms with E-state index in [0.717, 1.165) is 0 Å². The van der Waals surface area contributed by atoms with E-state index in [1.54, 1.807) is 50.3 Å². The highest BCUT2D eigenvalue weighted by atomic mass is 31.2. The summed E-state index contributed by atoms with van der Waals surface area (Å²) in [6.45, 7) is 9.37. The summed E-state index contributed by atoms with van der Waals surface area (Å²) in [6.07, 6.45) is 54.2. The zero-order valence-corrected chi connectivity index (χ0v) is 30.8. The molecule has 0 radical (unpaired) electrons. The lowest BCUT2D eigenvalue weighted by atomic mass is 10.1. The first kappa shape index (κ1) is 41.4. The minimum absolute atomic E-state index is 0.761. The summed E-state index contributed by atoms with van der Waals surface area (Å²) < 4.78 is 0. The summed E-state index contributed by atoms with van der Waals surface area (Å²) in [6, 6.07) is 0. The fourth-order valence-corrected chi connectivity index (χ4v) is 11.9. The van der Waals surface area contributed by atoms with Crippen LogP contribution in [0.4, 0.5) is 0 Å². The first-order valence-corrected chi connectivity index (χ1v) is 22.6. The van der Waals surface area contributed by atoms with Gasteiger partial charge in [0, 0.05) is 7.26 Å². The van der Waals surface area contributed by atoms with Crippen LogP contribution in [-0.4, -0.2) is 24.6 Å². The van der Waals surface area contributed by atoms with Crippen LogP contribution in [0.5, 0.6) is 0 Å². The predicted molar refractivity (Wildman–Crippen MR) is 197 cm³/mol. The largest absolute Gasteiger partial charge is 0.0654 e. The predicted octanol–water partition coefficient (Wildman–Crippen LogP) is 15.6. The van der Waals surface area contributed by atoms with Crippen LogP contribution in [0.15, 0.2) is 0 Å². The van der Waals surface area contributed by atoms with Crippen molar-refractivity contribution in [3.05, 3.63) is 0 Å². The number of hydrogen-bond acceptors (Lipinski definition) is 0. The third-order valence-electron chi connectivity index (χ3n) is 9.94. The minimum Gasteiger partial charge on any atom is -0.0654 e. The standard InChI is InChI=1S/C40H84P/c1-5-9-13-17-21-25-29-33-37-41(38-34-30-26-22-18-14-10-6-2,39-35-31-27-23-19-15-11-7-3)40-36-32-28-24-20-16-12-8-4/h5-40H2,1-4H3/q+1. The second-order valence-corrected chi connectivity index (χ2v) is 18.6. The van der Waals surface area contributed by atoms with Crippen LogP contribution in [0.2, 0.25) is 0 Å². The second-order valence-electron chi connectivity index (χ2n) is 14.1. The van der Waals surface area contributed by atoms with Crippen LogP contribution in [0.25, 0.3) is 0 Å². The van der Waals surface area contributed by atoms with Crippen molar-refractivity contribution in [1.29, 1.82) is 0 Å². The molecule has 41 heavy (non-hydrogen) atoms. The van der Waals surface area contributed by atoms with E-state index in [0.29, 0.717) is 0 Å². The Hall–Kier alpha value is 0.430. The van der Waals surface area contributed by atoms with E-state index in [2.05, 4.69) is 27.7 Å². The molecule has 0 nitrogen and oxygen atoms in total. The molecular weight excluding hydrogens is 511 g/mol. The van der Waals surface area contributed by atoms with Gasteiger partial charge in [-0.25, -0.2) is 0 Å². The maximum absolute atomic E-state index is 2.34. The van der Waals surface area contributed by atoms with Gasteiger partial charge in [0.1, 0.15) is 0 Å². The first-order valence-electron chi connectivity index (χ1n) is 20.1. The van der Waals surface area contributed by atoms with E-state index in [4.69, 9.17) is 0 Å². The Bertz CT molecular complexity index is 372. The van der Waals surface area contributed by atoms with Crippen LogP contribution in [-0.2, 0) is 0 Å². The Balaban J connectivity index is 4.82. The lowest BCUT2D eigenvalue weighted by Crippen LogP contribution is -2.13. The first-order chi connectivity index (χ1) is 20.2. The molecule has 0 heterocycles. The third-order valence-corrected chi connectivity index (χ3v) is 15.0. The molecule has 0 aliphatic rings. The number of rotatable bonds is 36. The molecule has 0 atom stereocenters. The molecular formula is C40H84P+. The summed E-state index contributed by atoms with van der Waals surface area (Å²) in [5.41, 5.74) is 0. The molecule has 0 rings (SSSR count). The SMILES string of the molecule is CCCCCCCCCC[P+](CCCCCCCCCC)(CCCCCCCCCC)CCCCCCCCCC. The van der Waals surface area contributed by atoms with Crippen molar-refractivity contribution >= 4 is 7.26 Å². The molecule has 0 aliphatic heterocycles. The van der Waals surface area contributed by atoms with Crippen molar-refractivity contribution in [2.24, 2.45) is 0 Å². The zero-order chi connectivity index (χ0) is 30.0. The maximum atomic E-state index is 2.34. The van der Waals surface area contributed by atoms with Gasteiger partial charge in [-0.2, -0.15) is 0 Å². The van der Waals surface area contributed by atoms with Gasteiger partial charge < -0.3 is 0 Å². The minimum atomic E-state index is -0.761. The monoisotopic (exact) mass is 596 g/mol. The Kier molecular flexibility index (Phi) is 35.3. The van der Waals surface area contributed by atoms with Gasteiger partial charge in [0.2, 0.25) is 0 Å². The molecule has 0 fully saturated rings. The highest BCUT2D eigenvalue weighted by Crippen LogP contribution is 2.61. The Morgan fingerprint density at radius 3 is 0.512 bits per heavy atom. The van der Waals surface area contributed by atoms with Gasteiger partial charge >= 0.3 is 0 Å². The summed E-state index contributed by atoms with van der Waals surface area (Å²) >= 11 is 0. The molecule has 0 unspecified atom stereocenters. The maximum Gasteiger partial charge on any atom is 0.0594 e. The summed E-state index contributed by atoms with van der Waals surface area (Å²) in [5.74, 6) is 0. The molecule has 248 valence electrons. The molecule has 0 aromatic heterocycles. The smallest absolute Gasteiger partial charge is 0.0594 e. The summed E-state index contributed by atoms with van der Waals surface area (Å²) in [5, 5.41) is 0. The van der Waals surface area contributed by atoms with Crippen molar-refractivity contribution in [1.82, 2.24) is 0 Å². The van der Waals surface area contributed by atoms with Crippen LogP contribution >= 0.6 is 7.26 Å². The van der Waals surface area contributed by atoms with Crippen LogP contribution in [0, 0.1) is 0 Å². The highest BCUT2D eigenvalue weighted by molar-refractivity contribution is 7.75. The fraction of sp³-hybridized carbons (Fsp3) is 1.00. The van der Waals surface area contributed by atoms with E-state index in [9.17, 15) is 0 Å². The summed E-state index contributed by atoms with van der Waals surface area (Å²) in [4.78, 5) is 0. The van der Waals surface area contributed by atoms with Crippen LogP contribution < -0.4 is 0 Å². The van der Waals surface area contributed by atoms with E-state index in [1.165, 1.54) is 180 Å². The lowest BCUT2D eigenvalue weighted by molar-refractivity contribution is 0.577. The van der Waals surface area contributed by atoms with Crippen molar-refractivity contribution < 1.29 is 0 Å². The van der Waals surface area contributed by atoms with Crippen LogP contribution in [0.1, 0.15) is 233 Å².